The van der Waals surface area contributed by atoms with Crippen molar-refractivity contribution in [1.82, 2.24) is 10.2 Å². The summed E-state index contributed by atoms with van der Waals surface area (Å²) in [5.74, 6) is 0.648. The van der Waals surface area contributed by atoms with Gasteiger partial charge < -0.3 is 5.32 Å². The monoisotopic (exact) mass is 344 g/mol. The molecule has 1 aromatic rings. The molecular formula is C15H22BrClN2. The van der Waals surface area contributed by atoms with Crippen molar-refractivity contribution in [3.05, 3.63) is 33.3 Å². The van der Waals surface area contributed by atoms with Gasteiger partial charge in [-0.1, -0.05) is 24.1 Å². The third-order valence-corrected chi connectivity index (χ3v) is 5.24. The van der Waals surface area contributed by atoms with Gasteiger partial charge in [-0.25, -0.2) is 0 Å². The standard InChI is InChI=1S/C15H22BrClN2/c1-18-10-12-5-3-4-8-19(2)15(12)11-6-7-13(16)14(17)9-11/h6-7,9,12,15,18H,3-5,8,10H2,1-2H3. The first-order chi connectivity index (χ1) is 9.13. The molecule has 1 N–H and O–H groups in total. The quantitative estimate of drug-likeness (QED) is 0.887. The van der Waals surface area contributed by atoms with Crippen LogP contribution in [0.3, 0.4) is 0 Å². The van der Waals surface area contributed by atoms with Crippen LogP contribution < -0.4 is 5.32 Å². The second-order valence-corrected chi connectivity index (χ2v) is 6.67. The van der Waals surface area contributed by atoms with Gasteiger partial charge in [-0.2, -0.15) is 0 Å². The van der Waals surface area contributed by atoms with Gasteiger partial charge in [-0.15, -0.1) is 0 Å². The third kappa shape index (κ3) is 3.72. The van der Waals surface area contributed by atoms with E-state index in [4.69, 9.17) is 11.6 Å². The maximum absolute atomic E-state index is 6.27. The highest BCUT2D eigenvalue weighted by molar-refractivity contribution is 9.10. The summed E-state index contributed by atoms with van der Waals surface area (Å²) >= 11 is 9.74. The summed E-state index contributed by atoms with van der Waals surface area (Å²) in [6, 6.07) is 6.83. The lowest BCUT2D eigenvalue weighted by Crippen LogP contribution is -2.33. The van der Waals surface area contributed by atoms with Crippen LogP contribution in [-0.2, 0) is 0 Å². The van der Waals surface area contributed by atoms with E-state index in [0.29, 0.717) is 12.0 Å². The van der Waals surface area contributed by atoms with Crippen LogP contribution in [-0.4, -0.2) is 32.1 Å². The second kappa shape index (κ2) is 7.07. The van der Waals surface area contributed by atoms with Crippen LogP contribution >= 0.6 is 27.5 Å². The molecule has 1 heterocycles. The van der Waals surface area contributed by atoms with E-state index in [1.165, 1.54) is 31.4 Å². The Kier molecular flexibility index (Phi) is 5.70. The number of hydrogen-bond donors (Lipinski definition) is 1. The molecule has 2 rings (SSSR count). The number of benzene rings is 1. The molecule has 0 saturated carbocycles. The summed E-state index contributed by atoms with van der Waals surface area (Å²) in [4.78, 5) is 2.48. The van der Waals surface area contributed by atoms with Gasteiger partial charge in [0.1, 0.15) is 0 Å². The smallest absolute Gasteiger partial charge is 0.0551 e. The van der Waals surface area contributed by atoms with E-state index >= 15 is 0 Å². The van der Waals surface area contributed by atoms with Gasteiger partial charge in [0.15, 0.2) is 0 Å². The second-order valence-electron chi connectivity index (χ2n) is 5.41. The molecule has 0 radical (unpaired) electrons. The Labute approximate surface area is 129 Å². The molecule has 0 spiro atoms. The van der Waals surface area contributed by atoms with Crippen molar-refractivity contribution in [1.29, 1.82) is 0 Å². The van der Waals surface area contributed by atoms with Gasteiger partial charge in [-0.3, -0.25) is 4.90 Å². The fraction of sp³-hybridized carbons (Fsp3) is 0.600. The predicted molar refractivity (Wildman–Crippen MR) is 85.8 cm³/mol. The normalized spacial score (nSPS) is 25.3. The highest BCUT2D eigenvalue weighted by Gasteiger charge is 2.28. The van der Waals surface area contributed by atoms with Gasteiger partial charge in [0.05, 0.1) is 5.02 Å². The Morgan fingerprint density at radius 1 is 1.42 bits per heavy atom. The van der Waals surface area contributed by atoms with Crippen LogP contribution in [0.1, 0.15) is 30.9 Å². The van der Waals surface area contributed by atoms with Crippen LogP contribution in [0.2, 0.25) is 5.02 Å². The maximum atomic E-state index is 6.27. The van der Waals surface area contributed by atoms with Crippen LogP contribution in [0.4, 0.5) is 0 Å². The largest absolute Gasteiger partial charge is 0.319 e. The molecule has 1 aliphatic rings. The molecule has 106 valence electrons. The van der Waals surface area contributed by atoms with Gasteiger partial charge in [0, 0.05) is 10.5 Å². The molecule has 1 aliphatic heterocycles. The van der Waals surface area contributed by atoms with Crippen LogP contribution in [0.5, 0.6) is 0 Å². The fourth-order valence-electron chi connectivity index (χ4n) is 3.12. The Balaban J connectivity index is 2.31. The predicted octanol–water partition coefficient (Wildman–Crippen LogP) is 4.09. The maximum Gasteiger partial charge on any atom is 0.0551 e. The first-order valence-electron chi connectivity index (χ1n) is 6.93. The van der Waals surface area contributed by atoms with Gasteiger partial charge in [0.25, 0.3) is 0 Å². The molecule has 0 amide bonds. The Hall–Kier alpha value is -0.0900. The average Bonchev–Trinajstić information content (AvgIpc) is 2.56. The zero-order chi connectivity index (χ0) is 13.8. The first kappa shape index (κ1) is 15.3. The zero-order valence-corrected chi connectivity index (χ0v) is 14.0. The molecule has 0 aliphatic carbocycles. The Bertz CT molecular complexity index is 425. The van der Waals surface area contributed by atoms with Crippen molar-refractivity contribution >= 4 is 27.5 Å². The molecule has 4 heteroatoms. The highest BCUT2D eigenvalue weighted by atomic mass is 79.9. The van der Waals surface area contributed by atoms with Crippen molar-refractivity contribution in [2.45, 2.75) is 25.3 Å². The molecule has 2 nitrogen and oxygen atoms in total. The minimum Gasteiger partial charge on any atom is -0.319 e. The minimum atomic E-state index is 0.459. The van der Waals surface area contributed by atoms with E-state index < -0.39 is 0 Å². The molecule has 1 aromatic carbocycles. The summed E-state index contributed by atoms with van der Waals surface area (Å²) in [5.41, 5.74) is 1.33. The summed E-state index contributed by atoms with van der Waals surface area (Å²) in [6.45, 7) is 2.22. The van der Waals surface area contributed by atoms with E-state index in [-0.39, 0.29) is 0 Å². The van der Waals surface area contributed by atoms with Crippen molar-refractivity contribution in [2.24, 2.45) is 5.92 Å². The van der Waals surface area contributed by atoms with E-state index in [9.17, 15) is 0 Å². The lowest BCUT2D eigenvalue weighted by atomic mass is 9.89. The lowest BCUT2D eigenvalue weighted by molar-refractivity contribution is 0.191. The van der Waals surface area contributed by atoms with Crippen LogP contribution in [0, 0.1) is 5.92 Å². The first-order valence-corrected chi connectivity index (χ1v) is 8.10. The molecule has 2 unspecified atom stereocenters. The van der Waals surface area contributed by atoms with E-state index in [1.807, 2.05) is 7.05 Å². The number of rotatable bonds is 3. The van der Waals surface area contributed by atoms with Crippen molar-refractivity contribution in [3.8, 4) is 0 Å². The Morgan fingerprint density at radius 3 is 2.89 bits per heavy atom. The molecular weight excluding hydrogens is 324 g/mol. The molecule has 0 aromatic heterocycles. The molecule has 1 fully saturated rings. The SMILES string of the molecule is CNCC1CCCCN(C)C1c1ccc(Br)c(Cl)c1. The number of nitrogens with zero attached hydrogens (tertiary/aromatic N) is 1. The van der Waals surface area contributed by atoms with Crippen molar-refractivity contribution in [3.63, 3.8) is 0 Å². The van der Waals surface area contributed by atoms with Gasteiger partial charge >= 0.3 is 0 Å². The van der Waals surface area contributed by atoms with Gasteiger partial charge in [-0.05, 0) is 79.6 Å². The fourth-order valence-corrected chi connectivity index (χ4v) is 3.56. The van der Waals surface area contributed by atoms with Crippen molar-refractivity contribution in [2.75, 3.05) is 27.2 Å². The van der Waals surface area contributed by atoms with Gasteiger partial charge in [0.2, 0.25) is 0 Å². The highest BCUT2D eigenvalue weighted by Crippen LogP contribution is 2.36. The average molecular weight is 346 g/mol. The molecule has 2 atom stereocenters. The molecule has 0 bridgehead atoms. The molecule has 19 heavy (non-hydrogen) atoms. The van der Waals surface area contributed by atoms with E-state index in [0.717, 1.165) is 16.0 Å². The topological polar surface area (TPSA) is 15.3 Å². The summed E-state index contributed by atoms with van der Waals surface area (Å²) < 4.78 is 0.972. The Morgan fingerprint density at radius 2 is 2.21 bits per heavy atom. The molecule has 1 saturated heterocycles. The van der Waals surface area contributed by atoms with E-state index in [1.54, 1.807) is 0 Å². The summed E-state index contributed by atoms with van der Waals surface area (Å²) in [5, 5.41) is 4.15. The van der Waals surface area contributed by atoms with Crippen LogP contribution in [0.25, 0.3) is 0 Å². The zero-order valence-electron chi connectivity index (χ0n) is 11.6. The van der Waals surface area contributed by atoms with E-state index in [2.05, 4.69) is 51.4 Å². The minimum absolute atomic E-state index is 0.459. The number of nitrogens with one attached hydrogen (secondary N) is 1. The van der Waals surface area contributed by atoms with Crippen molar-refractivity contribution < 1.29 is 0 Å². The lowest BCUT2D eigenvalue weighted by Gasteiger charge is -2.33. The summed E-state index contributed by atoms with van der Waals surface area (Å²) in [7, 11) is 4.27. The number of likely N-dealkylation sites (tertiary alicyclic amines) is 1. The van der Waals surface area contributed by atoms with Crippen LogP contribution in [0.15, 0.2) is 22.7 Å². The third-order valence-electron chi connectivity index (χ3n) is 4.01. The summed E-state index contributed by atoms with van der Waals surface area (Å²) in [6.07, 6.45) is 3.89. The number of halogens is 2. The number of hydrogen-bond acceptors (Lipinski definition) is 2.